The SMILES string of the molecule is CCNCc1ccc(N2CCC(C)(C(N)=O)C2)cc1. The van der Waals surface area contributed by atoms with Gasteiger partial charge in [0.25, 0.3) is 0 Å². The van der Waals surface area contributed by atoms with Crippen molar-refractivity contribution in [3.63, 3.8) is 0 Å². The summed E-state index contributed by atoms with van der Waals surface area (Å²) in [6.45, 7) is 7.54. The van der Waals surface area contributed by atoms with Crippen molar-refractivity contribution < 1.29 is 4.79 Å². The van der Waals surface area contributed by atoms with E-state index < -0.39 is 0 Å². The molecular weight excluding hydrogens is 238 g/mol. The Bertz CT molecular complexity index is 443. The molecule has 0 aliphatic carbocycles. The molecule has 1 aliphatic heterocycles. The molecule has 0 radical (unpaired) electrons. The Hall–Kier alpha value is -1.55. The van der Waals surface area contributed by atoms with Crippen molar-refractivity contribution in [3.8, 4) is 0 Å². The maximum Gasteiger partial charge on any atom is 0.225 e. The van der Waals surface area contributed by atoms with Gasteiger partial charge in [0.1, 0.15) is 0 Å². The maximum atomic E-state index is 11.5. The van der Waals surface area contributed by atoms with Crippen LogP contribution in [0, 0.1) is 5.41 Å². The average molecular weight is 261 g/mol. The van der Waals surface area contributed by atoms with E-state index in [2.05, 4.69) is 41.4 Å². The minimum atomic E-state index is -0.386. The number of carbonyl (C=O) groups excluding carboxylic acids is 1. The van der Waals surface area contributed by atoms with Crippen LogP contribution in [0.25, 0.3) is 0 Å². The van der Waals surface area contributed by atoms with Gasteiger partial charge < -0.3 is 16.0 Å². The molecule has 0 saturated carbocycles. The van der Waals surface area contributed by atoms with E-state index in [1.165, 1.54) is 11.3 Å². The number of nitrogens with one attached hydrogen (secondary N) is 1. The fourth-order valence-electron chi connectivity index (χ4n) is 2.48. The summed E-state index contributed by atoms with van der Waals surface area (Å²) in [6.07, 6.45) is 0.835. The molecule has 19 heavy (non-hydrogen) atoms. The first-order valence-electron chi connectivity index (χ1n) is 6.90. The Morgan fingerprint density at radius 2 is 2.11 bits per heavy atom. The molecule has 0 bridgehead atoms. The highest BCUT2D eigenvalue weighted by atomic mass is 16.1. The molecule has 1 aromatic carbocycles. The number of benzene rings is 1. The number of hydrogen-bond acceptors (Lipinski definition) is 3. The second-order valence-electron chi connectivity index (χ2n) is 5.54. The van der Waals surface area contributed by atoms with Gasteiger partial charge in [0.15, 0.2) is 0 Å². The Morgan fingerprint density at radius 1 is 1.42 bits per heavy atom. The highest BCUT2D eigenvalue weighted by Gasteiger charge is 2.38. The third-order valence-corrected chi connectivity index (χ3v) is 3.95. The molecule has 1 saturated heterocycles. The summed E-state index contributed by atoms with van der Waals surface area (Å²) in [5.41, 5.74) is 7.54. The van der Waals surface area contributed by atoms with Crippen molar-refractivity contribution in [3.05, 3.63) is 29.8 Å². The summed E-state index contributed by atoms with van der Waals surface area (Å²) in [4.78, 5) is 13.7. The number of primary amides is 1. The predicted molar refractivity (Wildman–Crippen MR) is 78.0 cm³/mol. The van der Waals surface area contributed by atoms with Crippen LogP contribution in [-0.4, -0.2) is 25.5 Å². The summed E-state index contributed by atoms with van der Waals surface area (Å²) in [6, 6.07) is 8.52. The number of nitrogens with zero attached hydrogens (tertiary/aromatic N) is 1. The zero-order valence-corrected chi connectivity index (χ0v) is 11.8. The van der Waals surface area contributed by atoms with Crippen LogP contribution < -0.4 is 16.0 Å². The molecule has 1 aliphatic rings. The van der Waals surface area contributed by atoms with Crippen LogP contribution in [0.3, 0.4) is 0 Å². The Kier molecular flexibility index (Phi) is 4.10. The molecule has 0 aromatic heterocycles. The monoisotopic (exact) mass is 261 g/mol. The largest absolute Gasteiger partial charge is 0.370 e. The van der Waals surface area contributed by atoms with E-state index in [-0.39, 0.29) is 11.3 Å². The third-order valence-electron chi connectivity index (χ3n) is 3.95. The molecule has 4 nitrogen and oxygen atoms in total. The number of carbonyl (C=O) groups is 1. The molecular formula is C15H23N3O. The summed E-state index contributed by atoms with van der Waals surface area (Å²) in [5.74, 6) is -0.196. The molecule has 1 amide bonds. The first-order valence-corrected chi connectivity index (χ1v) is 6.90. The first kappa shape index (κ1) is 13.9. The lowest BCUT2D eigenvalue weighted by Crippen LogP contribution is -2.37. The number of hydrogen-bond donors (Lipinski definition) is 2. The smallest absolute Gasteiger partial charge is 0.225 e. The van der Waals surface area contributed by atoms with Crippen LogP contribution in [0.5, 0.6) is 0 Å². The Balaban J connectivity index is 2.02. The van der Waals surface area contributed by atoms with Crippen LogP contribution in [0.2, 0.25) is 0 Å². The molecule has 1 heterocycles. The fraction of sp³-hybridized carbons (Fsp3) is 0.533. The minimum absolute atomic E-state index is 0.196. The normalized spacial score (nSPS) is 22.7. The average Bonchev–Trinajstić information content (AvgIpc) is 2.81. The lowest BCUT2D eigenvalue weighted by Gasteiger charge is -2.22. The van der Waals surface area contributed by atoms with Gasteiger partial charge in [-0.1, -0.05) is 19.1 Å². The summed E-state index contributed by atoms with van der Waals surface area (Å²) in [7, 11) is 0. The molecule has 1 fully saturated rings. The minimum Gasteiger partial charge on any atom is -0.370 e. The van der Waals surface area contributed by atoms with E-state index in [1.807, 2.05) is 6.92 Å². The molecule has 1 atom stereocenters. The molecule has 3 N–H and O–H groups in total. The highest BCUT2D eigenvalue weighted by Crippen LogP contribution is 2.32. The van der Waals surface area contributed by atoms with Gasteiger partial charge >= 0.3 is 0 Å². The van der Waals surface area contributed by atoms with Crippen LogP contribution in [-0.2, 0) is 11.3 Å². The fourth-order valence-corrected chi connectivity index (χ4v) is 2.48. The van der Waals surface area contributed by atoms with Crippen molar-refractivity contribution in [2.24, 2.45) is 11.1 Å². The van der Waals surface area contributed by atoms with E-state index >= 15 is 0 Å². The van der Waals surface area contributed by atoms with Gasteiger partial charge in [0, 0.05) is 25.3 Å². The predicted octanol–water partition coefficient (Wildman–Crippen LogP) is 1.50. The molecule has 104 valence electrons. The van der Waals surface area contributed by atoms with Gasteiger partial charge in [-0.3, -0.25) is 4.79 Å². The van der Waals surface area contributed by atoms with Gasteiger partial charge in [-0.25, -0.2) is 0 Å². The second kappa shape index (κ2) is 5.61. The summed E-state index contributed by atoms with van der Waals surface area (Å²) in [5, 5.41) is 3.31. The lowest BCUT2D eigenvalue weighted by molar-refractivity contribution is -0.125. The zero-order valence-electron chi connectivity index (χ0n) is 11.8. The van der Waals surface area contributed by atoms with Gasteiger partial charge in [-0.05, 0) is 37.6 Å². The van der Waals surface area contributed by atoms with E-state index in [9.17, 15) is 4.79 Å². The van der Waals surface area contributed by atoms with Gasteiger partial charge in [-0.2, -0.15) is 0 Å². The van der Waals surface area contributed by atoms with Crippen LogP contribution in [0.15, 0.2) is 24.3 Å². The highest BCUT2D eigenvalue weighted by molar-refractivity contribution is 5.82. The second-order valence-corrected chi connectivity index (χ2v) is 5.54. The van der Waals surface area contributed by atoms with E-state index in [0.29, 0.717) is 0 Å². The number of nitrogens with two attached hydrogens (primary N) is 1. The van der Waals surface area contributed by atoms with Crippen molar-refractivity contribution in [1.82, 2.24) is 5.32 Å². The van der Waals surface area contributed by atoms with Crippen LogP contribution in [0.4, 0.5) is 5.69 Å². The Morgan fingerprint density at radius 3 is 2.63 bits per heavy atom. The Labute approximate surface area is 115 Å². The summed E-state index contributed by atoms with van der Waals surface area (Å²) >= 11 is 0. The van der Waals surface area contributed by atoms with Crippen molar-refractivity contribution in [2.75, 3.05) is 24.5 Å². The van der Waals surface area contributed by atoms with E-state index in [4.69, 9.17) is 5.73 Å². The zero-order chi connectivity index (χ0) is 13.9. The van der Waals surface area contributed by atoms with Crippen LogP contribution in [0.1, 0.15) is 25.8 Å². The van der Waals surface area contributed by atoms with Crippen molar-refractivity contribution in [2.45, 2.75) is 26.8 Å². The number of rotatable bonds is 5. The van der Waals surface area contributed by atoms with E-state index in [0.717, 1.165) is 32.6 Å². The lowest BCUT2D eigenvalue weighted by atomic mass is 9.89. The van der Waals surface area contributed by atoms with Gasteiger partial charge in [0.05, 0.1) is 5.41 Å². The van der Waals surface area contributed by atoms with Gasteiger partial charge in [-0.15, -0.1) is 0 Å². The maximum absolute atomic E-state index is 11.5. The molecule has 0 spiro atoms. The van der Waals surface area contributed by atoms with Crippen molar-refractivity contribution in [1.29, 1.82) is 0 Å². The summed E-state index contributed by atoms with van der Waals surface area (Å²) < 4.78 is 0. The molecule has 4 heteroatoms. The molecule has 1 aromatic rings. The molecule has 2 rings (SSSR count). The van der Waals surface area contributed by atoms with Crippen molar-refractivity contribution >= 4 is 11.6 Å². The molecule has 1 unspecified atom stereocenters. The number of amides is 1. The van der Waals surface area contributed by atoms with E-state index in [1.54, 1.807) is 0 Å². The number of anilines is 1. The first-order chi connectivity index (χ1) is 9.05. The van der Waals surface area contributed by atoms with Crippen LogP contribution >= 0.6 is 0 Å². The van der Waals surface area contributed by atoms with Gasteiger partial charge in [0.2, 0.25) is 5.91 Å². The quantitative estimate of drug-likeness (QED) is 0.844. The topological polar surface area (TPSA) is 58.4 Å². The standard InChI is InChI=1S/C15H23N3O/c1-3-17-10-12-4-6-13(7-5-12)18-9-8-15(2,11-18)14(16)19/h4-7,17H,3,8-11H2,1-2H3,(H2,16,19). The third kappa shape index (κ3) is 3.07.